The number of nitrogens with zero attached hydrogens (tertiary/aromatic N) is 4. The summed E-state index contributed by atoms with van der Waals surface area (Å²) in [5.74, 6) is 0.417. The van der Waals surface area contributed by atoms with Crippen molar-refractivity contribution < 1.29 is 5.11 Å². The van der Waals surface area contributed by atoms with E-state index in [9.17, 15) is 5.11 Å². The molecule has 5 heteroatoms. The van der Waals surface area contributed by atoms with Gasteiger partial charge in [-0.1, -0.05) is 12.1 Å². The molecule has 2 atom stereocenters. The zero-order chi connectivity index (χ0) is 14.8. The van der Waals surface area contributed by atoms with Crippen molar-refractivity contribution in [1.82, 2.24) is 19.7 Å². The van der Waals surface area contributed by atoms with E-state index in [1.165, 1.54) is 11.1 Å². The van der Waals surface area contributed by atoms with Gasteiger partial charge < -0.3 is 5.11 Å². The quantitative estimate of drug-likeness (QED) is 0.931. The van der Waals surface area contributed by atoms with Gasteiger partial charge in [0.05, 0.1) is 11.8 Å². The van der Waals surface area contributed by atoms with E-state index in [2.05, 4.69) is 40.1 Å². The van der Waals surface area contributed by atoms with Gasteiger partial charge >= 0.3 is 0 Å². The standard InChI is InChI=1S/C16H22N4O/c1-12-7-14(3-4-16(12)20-11-17-10-18-20)8-19-6-5-15(9-19)13(2)21/h3-4,7,10-11,13,15,21H,5-6,8-9H2,1-2H3. The average Bonchev–Trinajstić information content (AvgIpc) is 3.09. The van der Waals surface area contributed by atoms with E-state index >= 15 is 0 Å². The van der Waals surface area contributed by atoms with Gasteiger partial charge in [-0.2, -0.15) is 5.10 Å². The van der Waals surface area contributed by atoms with Crippen LogP contribution in [-0.2, 0) is 6.54 Å². The van der Waals surface area contributed by atoms with Crippen molar-refractivity contribution in [2.45, 2.75) is 32.9 Å². The van der Waals surface area contributed by atoms with Crippen LogP contribution in [0.2, 0.25) is 0 Å². The Kier molecular flexibility index (Phi) is 4.03. The maximum atomic E-state index is 9.68. The van der Waals surface area contributed by atoms with Gasteiger partial charge in [0.1, 0.15) is 12.7 Å². The lowest BCUT2D eigenvalue weighted by molar-refractivity contribution is 0.127. The third-order valence-corrected chi connectivity index (χ3v) is 4.32. The molecule has 1 fully saturated rings. The minimum atomic E-state index is -0.202. The Morgan fingerprint density at radius 3 is 2.90 bits per heavy atom. The molecule has 112 valence electrons. The van der Waals surface area contributed by atoms with Gasteiger partial charge in [-0.3, -0.25) is 4.90 Å². The SMILES string of the molecule is Cc1cc(CN2CCC(C(C)O)C2)ccc1-n1cncn1. The summed E-state index contributed by atoms with van der Waals surface area (Å²) < 4.78 is 1.79. The fourth-order valence-corrected chi connectivity index (χ4v) is 3.06. The highest BCUT2D eigenvalue weighted by atomic mass is 16.3. The van der Waals surface area contributed by atoms with E-state index in [0.29, 0.717) is 5.92 Å². The van der Waals surface area contributed by atoms with Gasteiger partial charge in [0, 0.05) is 13.1 Å². The van der Waals surface area contributed by atoms with E-state index in [0.717, 1.165) is 31.7 Å². The van der Waals surface area contributed by atoms with Crippen molar-refractivity contribution in [1.29, 1.82) is 0 Å². The minimum absolute atomic E-state index is 0.202. The van der Waals surface area contributed by atoms with Crippen LogP contribution in [0.5, 0.6) is 0 Å². The molecule has 0 amide bonds. The molecule has 1 aromatic heterocycles. The number of aryl methyl sites for hydroxylation is 1. The molecule has 0 saturated carbocycles. The van der Waals surface area contributed by atoms with Crippen molar-refractivity contribution in [3.05, 3.63) is 42.0 Å². The molecule has 1 aromatic carbocycles. The van der Waals surface area contributed by atoms with Crippen molar-refractivity contribution in [3.8, 4) is 5.69 Å². The molecule has 0 aliphatic carbocycles. The van der Waals surface area contributed by atoms with Crippen LogP contribution < -0.4 is 0 Å². The molecular weight excluding hydrogens is 264 g/mol. The molecule has 2 aromatic rings. The molecule has 0 bridgehead atoms. The van der Waals surface area contributed by atoms with E-state index in [-0.39, 0.29) is 6.10 Å². The minimum Gasteiger partial charge on any atom is -0.393 e. The predicted molar refractivity (Wildman–Crippen MR) is 81.2 cm³/mol. The molecular formula is C16H22N4O. The first-order valence-electron chi connectivity index (χ1n) is 7.48. The van der Waals surface area contributed by atoms with E-state index < -0.39 is 0 Å². The fourth-order valence-electron chi connectivity index (χ4n) is 3.06. The molecule has 1 aliphatic heterocycles. The largest absolute Gasteiger partial charge is 0.393 e. The smallest absolute Gasteiger partial charge is 0.138 e. The normalized spacial score (nSPS) is 20.8. The number of benzene rings is 1. The first kappa shape index (κ1) is 14.2. The molecule has 0 radical (unpaired) electrons. The molecule has 2 unspecified atom stereocenters. The Hall–Kier alpha value is -1.72. The van der Waals surface area contributed by atoms with E-state index in [4.69, 9.17) is 0 Å². The summed E-state index contributed by atoms with van der Waals surface area (Å²) in [6.07, 6.45) is 4.16. The van der Waals surface area contributed by atoms with E-state index in [1.54, 1.807) is 17.3 Å². The number of hydrogen-bond acceptors (Lipinski definition) is 4. The summed E-state index contributed by atoms with van der Waals surface area (Å²) in [6.45, 7) is 7.00. The van der Waals surface area contributed by atoms with Crippen LogP contribution in [0.15, 0.2) is 30.9 Å². The summed E-state index contributed by atoms with van der Waals surface area (Å²) in [5.41, 5.74) is 3.58. The van der Waals surface area contributed by atoms with Gasteiger partial charge in [0.2, 0.25) is 0 Å². The van der Waals surface area contributed by atoms with Crippen molar-refractivity contribution in [3.63, 3.8) is 0 Å². The molecule has 1 saturated heterocycles. The molecule has 3 rings (SSSR count). The Morgan fingerprint density at radius 2 is 2.29 bits per heavy atom. The van der Waals surface area contributed by atoms with E-state index in [1.807, 2.05) is 6.92 Å². The number of likely N-dealkylation sites (tertiary alicyclic amines) is 1. The Balaban J connectivity index is 1.69. The monoisotopic (exact) mass is 286 g/mol. The maximum Gasteiger partial charge on any atom is 0.138 e. The Bertz CT molecular complexity index is 594. The van der Waals surface area contributed by atoms with Gasteiger partial charge in [-0.15, -0.1) is 0 Å². The van der Waals surface area contributed by atoms with Crippen LogP contribution in [-0.4, -0.2) is 44.0 Å². The average molecular weight is 286 g/mol. The van der Waals surface area contributed by atoms with Gasteiger partial charge in [-0.25, -0.2) is 9.67 Å². The first-order valence-corrected chi connectivity index (χ1v) is 7.48. The lowest BCUT2D eigenvalue weighted by atomic mass is 10.0. The van der Waals surface area contributed by atoms with Crippen LogP contribution >= 0.6 is 0 Å². The Labute approximate surface area is 125 Å². The van der Waals surface area contributed by atoms with Crippen molar-refractivity contribution >= 4 is 0 Å². The highest BCUT2D eigenvalue weighted by molar-refractivity contribution is 5.41. The number of aliphatic hydroxyl groups is 1. The highest BCUT2D eigenvalue weighted by Crippen LogP contribution is 2.22. The van der Waals surface area contributed by atoms with Crippen LogP contribution in [0, 0.1) is 12.8 Å². The summed E-state index contributed by atoms with van der Waals surface area (Å²) in [4.78, 5) is 6.41. The molecule has 1 N–H and O–H groups in total. The van der Waals surface area contributed by atoms with Gasteiger partial charge in [-0.05, 0) is 49.9 Å². The lowest BCUT2D eigenvalue weighted by Gasteiger charge is -2.18. The number of aliphatic hydroxyl groups excluding tert-OH is 1. The number of hydrogen-bond donors (Lipinski definition) is 1. The maximum absolute atomic E-state index is 9.68. The van der Waals surface area contributed by atoms with Gasteiger partial charge in [0.15, 0.2) is 0 Å². The zero-order valence-corrected chi connectivity index (χ0v) is 12.6. The lowest BCUT2D eigenvalue weighted by Crippen LogP contribution is -2.24. The molecule has 5 nitrogen and oxygen atoms in total. The second kappa shape index (κ2) is 5.95. The topological polar surface area (TPSA) is 54.2 Å². The zero-order valence-electron chi connectivity index (χ0n) is 12.6. The second-order valence-electron chi connectivity index (χ2n) is 5.99. The molecule has 1 aliphatic rings. The Morgan fingerprint density at radius 1 is 1.43 bits per heavy atom. The van der Waals surface area contributed by atoms with Crippen molar-refractivity contribution in [2.75, 3.05) is 13.1 Å². The summed E-state index contributed by atoms with van der Waals surface area (Å²) in [7, 11) is 0. The number of aromatic nitrogens is 3. The molecule has 2 heterocycles. The van der Waals surface area contributed by atoms with Crippen LogP contribution in [0.3, 0.4) is 0 Å². The summed E-state index contributed by atoms with van der Waals surface area (Å²) in [5, 5.41) is 13.9. The number of rotatable bonds is 4. The second-order valence-corrected chi connectivity index (χ2v) is 5.99. The third kappa shape index (κ3) is 3.14. The van der Waals surface area contributed by atoms with Crippen molar-refractivity contribution in [2.24, 2.45) is 5.92 Å². The van der Waals surface area contributed by atoms with Crippen LogP contribution in [0.25, 0.3) is 5.69 Å². The predicted octanol–water partition coefficient (Wildman–Crippen LogP) is 1.78. The summed E-state index contributed by atoms with van der Waals surface area (Å²) >= 11 is 0. The third-order valence-electron chi connectivity index (χ3n) is 4.32. The van der Waals surface area contributed by atoms with Crippen LogP contribution in [0.1, 0.15) is 24.5 Å². The fraction of sp³-hybridized carbons (Fsp3) is 0.500. The molecule has 0 spiro atoms. The highest BCUT2D eigenvalue weighted by Gasteiger charge is 2.25. The van der Waals surface area contributed by atoms with Gasteiger partial charge in [0.25, 0.3) is 0 Å². The summed E-state index contributed by atoms with van der Waals surface area (Å²) in [6, 6.07) is 6.47. The molecule has 21 heavy (non-hydrogen) atoms. The van der Waals surface area contributed by atoms with Crippen LogP contribution in [0.4, 0.5) is 0 Å². The first-order chi connectivity index (χ1) is 10.1.